The highest BCUT2D eigenvalue weighted by Gasteiger charge is 2.44. The number of methoxy groups -OCH3 is 1. The zero-order valence-corrected chi connectivity index (χ0v) is 24.7. The molecule has 1 aliphatic heterocycles. The van der Waals surface area contributed by atoms with Crippen LogP contribution in [0.2, 0.25) is 0 Å². The molecule has 2 heterocycles. The molecule has 11 nitrogen and oxygen atoms in total. The summed E-state index contributed by atoms with van der Waals surface area (Å²) in [6, 6.07) is 6.58. The number of amides is 3. The lowest BCUT2D eigenvalue weighted by Crippen LogP contribution is -2.46. The molecule has 1 aromatic heterocycles. The number of carbonyl (C=O) groups is 4. The van der Waals surface area contributed by atoms with Crippen molar-refractivity contribution in [2.45, 2.75) is 45.4 Å². The third-order valence-corrected chi connectivity index (χ3v) is 7.66. The van der Waals surface area contributed by atoms with Gasteiger partial charge in [0.15, 0.2) is 23.9 Å². The maximum Gasteiger partial charge on any atom is 0.314 e. The molecule has 2 bridgehead atoms. The van der Waals surface area contributed by atoms with Gasteiger partial charge in [-0.2, -0.15) is 0 Å². The highest BCUT2D eigenvalue weighted by molar-refractivity contribution is 5.94. The number of nitrogens with one attached hydrogen (secondary N) is 2. The van der Waals surface area contributed by atoms with Crippen molar-refractivity contribution in [2.75, 3.05) is 46.5 Å². The lowest BCUT2D eigenvalue weighted by molar-refractivity contribution is -0.156. The Morgan fingerprint density at radius 1 is 1.16 bits per heavy atom. The van der Waals surface area contributed by atoms with Crippen LogP contribution in [-0.2, 0) is 25.5 Å². The van der Waals surface area contributed by atoms with E-state index in [9.17, 15) is 23.6 Å². The Labute approximate surface area is 250 Å². The van der Waals surface area contributed by atoms with Gasteiger partial charge in [-0.15, -0.1) is 0 Å². The van der Waals surface area contributed by atoms with E-state index in [-0.39, 0.29) is 76.1 Å². The van der Waals surface area contributed by atoms with Gasteiger partial charge in [-0.25, -0.2) is 4.39 Å². The zero-order valence-electron chi connectivity index (χ0n) is 24.7. The lowest BCUT2D eigenvalue weighted by atomic mass is 9.76. The van der Waals surface area contributed by atoms with E-state index in [4.69, 9.17) is 14.2 Å². The molecule has 3 amide bonds. The van der Waals surface area contributed by atoms with E-state index in [1.54, 1.807) is 19.1 Å². The molecule has 0 spiro atoms. The maximum atomic E-state index is 14.3. The molecule has 43 heavy (non-hydrogen) atoms. The normalized spacial score (nSPS) is 20.5. The van der Waals surface area contributed by atoms with E-state index in [0.717, 1.165) is 24.6 Å². The summed E-state index contributed by atoms with van der Waals surface area (Å²) in [7, 11) is 1.49. The maximum absolute atomic E-state index is 14.3. The van der Waals surface area contributed by atoms with Crippen LogP contribution >= 0.6 is 0 Å². The SMILES string of the molecule is CCOC(=O)C1(CC2CC2)CNC(=O)CCCN(C(=O)c2ccncc2F)CCNC(=O)COc2cc(ccc2OC)C1. The minimum Gasteiger partial charge on any atom is -0.493 e. The average Bonchev–Trinajstić information content (AvgIpc) is 3.81. The fourth-order valence-electron chi connectivity index (χ4n) is 5.27. The second-order valence-electron chi connectivity index (χ2n) is 11.0. The number of esters is 1. The third-order valence-electron chi connectivity index (χ3n) is 7.66. The molecule has 1 unspecified atom stereocenters. The molecular formula is C31H39FN4O7. The number of ether oxygens (including phenoxy) is 3. The van der Waals surface area contributed by atoms with Crippen LogP contribution < -0.4 is 20.1 Å². The molecule has 2 aliphatic rings. The highest BCUT2D eigenvalue weighted by atomic mass is 19.1. The highest BCUT2D eigenvalue weighted by Crippen LogP contribution is 2.43. The molecule has 12 heteroatoms. The first-order chi connectivity index (χ1) is 20.7. The number of benzene rings is 1. The van der Waals surface area contributed by atoms with Crippen molar-refractivity contribution >= 4 is 23.7 Å². The number of halogens is 1. The number of pyridine rings is 1. The summed E-state index contributed by atoms with van der Waals surface area (Å²) < 4.78 is 31.1. The molecular weight excluding hydrogens is 559 g/mol. The van der Waals surface area contributed by atoms with E-state index < -0.39 is 23.0 Å². The molecule has 4 rings (SSSR count). The van der Waals surface area contributed by atoms with Crippen LogP contribution in [0.1, 0.15) is 54.9 Å². The van der Waals surface area contributed by atoms with Gasteiger partial charge in [-0.3, -0.25) is 24.2 Å². The van der Waals surface area contributed by atoms with Crippen LogP contribution in [0.3, 0.4) is 0 Å². The van der Waals surface area contributed by atoms with Crippen molar-refractivity contribution in [3.8, 4) is 11.5 Å². The standard InChI is InChI=1S/C31H39FN4O7/c1-3-42-30(40)31(16-21-6-7-21)17-22-8-9-25(41-2)26(15-22)43-19-28(38)34-12-14-36(13-4-5-27(37)35-20-31)29(39)23-10-11-33-18-24(23)32/h8-11,15,18,21H,3-7,12-14,16-17,19-20H2,1-2H3,(H,34,38)(H,35,37). The van der Waals surface area contributed by atoms with E-state index in [0.29, 0.717) is 23.8 Å². The molecule has 1 saturated carbocycles. The second-order valence-corrected chi connectivity index (χ2v) is 11.0. The fraction of sp³-hybridized carbons (Fsp3) is 0.516. The van der Waals surface area contributed by atoms with Crippen LogP contribution in [0, 0.1) is 17.2 Å². The molecule has 2 aromatic rings. The molecule has 0 saturated heterocycles. The van der Waals surface area contributed by atoms with Gasteiger partial charge in [0.05, 0.1) is 30.9 Å². The van der Waals surface area contributed by atoms with Gasteiger partial charge in [-0.1, -0.05) is 18.9 Å². The summed E-state index contributed by atoms with van der Waals surface area (Å²) in [5, 5.41) is 5.66. The topological polar surface area (TPSA) is 136 Å². The third kappa shape index (κ3) is 8.65. The summed E-state index contributed by atoms with van der Waals surface area (Å²) in [5.74, 6) is -1.33. The molecule has 1 atom stereocenters. The number of rotatable bonds is 6. The minimum absolute atomic E-state index is 0.0800. The van der Waals surface area contributed by atoms with Crippen LogP contribution in [0.25, 0.3) is 0 Å². The van der Waals surface area contributed by atoms with Gasteiger partial charge >= 0.3 is 5.97 Å². The second kappa shape index (κ2) is 14.8. The Kier molecular flexibility index (Phi) is 10.9. The van der Waals surface area contributed by atoms with Crippen LogP contribution in [0.5, 0.6) is 11.5 Å². The van der Waals surface area contributed by atoms with Crippen molar-refractivity contribution in [2.24, 2.45) is 11.3 Å². The number of aromatic nitrogens is 1. The molecule has 1 aromatic carbocycles. The van der Waals surface area contributed by atoms with Crippen molar-refractivity contribution in [3.05, 3.63) is 53.6 Å². The van der Waals surface area contributed by atoms with Crippen LogP contribution in [0.15, 0.2) is 36.7 Å². The van der Waals surface area contributed by atoms with Gasteiger partial charge in [0.2, 0.25) is 5.91 Å². The number of hydrogen-bond donors (Lipinski definition) is 2. The number of carbonyl (C=O) groups excluding carboxylic acids is 4. The molecule has 1 fully saturated rings. The summed E-state index contributed by atoms with van der Waals surface area (Å²) in [5.41, 5.74) is -0.386. The Morgan fingerprint density at radius 3 is 2.70 bits per heavy atom. The van der Waals surface area contributed by atoms with Gasteiger partial charge in [0.25, 0.3) is 11.8 Å². The number of fused-ring (bicyclic) bond motifs is 2. The molecule has 2 N–H and O–H groups in total. The monoisotopic (exact) mass is 598 g/mol. The predicted octanol–water partition coefficient (Wildman–Crippen LogP) is 2.67. The Morgan fingerprint density at radius 2 is 1.98 bits per heavy atom. The van der Waals surface area contributed by atoms with E-state index >= 15 is 0 Å². The summed E-state index contributed by atoms with van der Waals surface area (Å²) in [6.07, 6.45) is 5.50. The first-order valence-corrected chi connectivity index (χ1v) is 14.6. The average molecular weight is 599 g/mol. The first kappa shape index (κ1) is 31.7. The van der Waals surface area contributed by atoms with Gasteiger partial charge in [-0.05, 0) is 55.9 Å². The Hall–Kier alpha value is -4.22. The number of nitrogens with zero attached hydrogens (tertiary/aromatic N) is 2. The fourth-order valence-corrected chi connectivity index (χ4v) is 5.27. The zero-order chi connectivity index (χ0) is 30.8. The van der Waals surface area contributed by atoms with E-state index in [2.05, 4.69) is 15.6 Å². The van der Waals surface area contributed by atoms with Gasteiger partial charge in [0.1, 0.15) is 0 Å². The predicted molar refractivity (Wildman–Crippen MR) is 154 cm³/mol. The van der Waals surface area contributed by atoms with Gasteiger partial charge < -0.3 is 29.7 Å². The first-order valence-electron chi connectivity index (χ1n) is 14.6. The molecule has 1 aliphatic carbocycles. The largest absolute Gasteiger partial charge is 0.493 e. The van der Waals surface area contributed by atoms with Gasteiger partial charge in [0, 0.05) is 38.8 Å². The van der Waals surface area contributed by atoms with Crippen molar-refractivity contribution in [1.82, 2.24) is 20.5 Å². The summed E-state index contributed by atoms with van der Waals surface area (Å²) in [4.78, 5) is 57.4. The smallest absolute Gasteiger partial charge is 0.314 e. The van der Waals surface area contributed by atoms with Crippen LogP contribution in [-0.4, -0.2) is 80.1 Å². The Bertz CT molecular complexity index is 1320. The molecule has 0 radical (unpaired) electrons. The molecule has 232 valence electrons. The van der Waals surface area contributed by atoms with Crippen molar-refractivity contribution < 1.29 is 37.8 Å². The summed E-state index contributed by atoms with van der Waals surface area (Å²) >= 11 is 0. The summed E-state index contributed by atoms with van der Waals surface area (Å²) in [6.45, 7) is 2.04. The van der Waals surface area contributed by atoms with Crippen molar-refractivity contribution in [1.29, 1.82) is 0 Å². The lowest BCUT2D eigenvalue weighted by Gasteiger charge is -2.32. The quantitative estimate of drug-likeness (QED) is 0.485. The van der Waals surface area contributed by atoms with E-state index in [1.807, 2.05) is 6.07 Å². The Balaban J connectivity index is 1.61. The van der Waals surface area contributed by atoms with E-state index in [1.165, 1.54) is 24.3 Å². The van der Waals surface area contributed by atoms with Crippen LogP contribution in [0.4, 0.5) is 4.39 Å². The minimum atomic E-state index is -1.01. The van der Waals surface area contributed by atoms with Crippen molar-refractivity contribution in [3.63, 3.8) is 0 Å². The number of hydrogen-bond acceptors (Lipinski definition) is 8.